The van der Waals surface area contributed by atoms with Crippen LogP contribution in [-0.4, -0.2) is 66.5 Å². The van der Waals surface area contributed by atoms with Gasteiger partial charge in [0.15, 0.2) is 60.6 Å². The largest absolute Gasteiger partial charge is 0.503 e. The fraction of sp³-hybridized carbons (Fsp3) is 0.118. The first-order valence-corrected chi connectivity index (χ1v) is 23.0. The minimum Gasteiger partial charge on any atom is -0.503 e. The Bertz CT molecular complexity index is 3660. The average Bonchev–Trinajstić information content (AvgIpc) is 4.26. The van der Waals surface area contributed by atoms with E-state index in [0.29, 0.717) is 73.2 Å². The van der Waals surface area contributed by atoms with Gasteiger partial charge < -0.3 is 27.8 Å². The number of ether oxygens (including phenoxy) is 2. The number of nitrogens with zero attached hydrogens (tertiary/aromatic N) is 7. The van der Waals surface area contributed by atoms with E-state index >= 15 is 0 Å². The number of carbonyl (C=O) groups is 2. The predicted octanol–water partition coefficient (Wildman–Crippen LogP) is 10.5. The molecule has 0 saturated carbocycles. The molecular formula is C51H40F3N9O8S2. The maximum atomic E-state index is 13.0. The molecule has 0 aliphatic rings. The van der Waals surface area contributed by atoms with Crippen molar-refractivity contribution in [3.63, 3.8) is 0 Å². The molecule has 0 atom stereocenters. The highest BCUT2D eigenvalue weighted by molar-refractivity contribution is 7.15. The van der Waals surface area contributed by atoms with Gasteiger partial charge in [-0.2, -0.15) is 0 Å². The number of aromatic nitrogens is 7. The van der Waals surface area contributed by atoms with Gasteiger partial charge in [-0.15, -0.1) is 20.4 Å². The number of carbonyl (C=O) groups excluding carboxylic acids is 2. The molecule has 0 unspecified atom stereocenters. The molecule has 0 fully saturated rings. The van der Waals surface area contributed by atoms with Crippen molar-refractivity contribution in [2.45, 2.75) is 26.7 Å². The molecule has 0 saturated heterocycles. The van der Waals surface area contributed by atoms with Gasteiger partial charge >= 0.3 is 5.91 Å². The van der Waals surface area contributed by atoms with Gasteiger partial charge in [0, 0.05) is 31.4 Å². The molecule has 0 bridgehead atoms. The van der Waals surface area contributed by atoms with E-state index in [0.717, 1.165) is 21.1 Å². The highest BCUT2D eigenvalue weighted by Gasteiger charge is 2.24. The van der Waals surface area contributed by atoms with E-state index in [2.05, 4.69) is 46.2 Å². The molecule has 0 spiro atoms. The van der Waals surface area contributed by atoms with Crippen LogP contribution in [0.5, 0.6) is 17.2 Å². The summed E-state index contributed by atoms with van der Waals surface area (Å²) in [5.74, 6) is -0.670. The Morgan fingerprint density at radius 2 is 1.00 bits per heavy atom. The van der Waals surface area contributed by atoms with E-state index in [1.54, 1.807) is 80.3 Å². The van der Waals surface area contributed by atoms with Crippen molar-refractivity contribution in [2.75, 3.05) is 14.2 Å². The molecule has 73 heavy (non-hydrogen) atoms. The standard InChI is InChI=1S/C17H14FN3O4.C17H12FN3O2S.C16H10FN3O2S.CH4/c1-24-15-14-12(3-2-8-19-14)25-16(15)17(23)21-20-13(22)9-10-4-6-11(18)7-5-10;1-22-15-14-12(3-2-8-19-14)23-16(15)17-21-20-13(24-17)9-10-4-6-11(18)7-5-10;17-10-5-3-9(4-6-10)8-12-19-20-16(23-12)15-14(21)13-11(22-15)2-1-7-18-13;/h2-8H,9H2,1H3,(H,20,22)(H,21,23);2-8H,9H2,1H3;1-7,21H,8H2;1H4. The molecular weight excluding hydrogens is 988 g/mol. The Morgan fingerprint density at radius 3 is 1.51 bits per heavy atom. The monoisotopic (exact) mass is 1030 g/mol. The normalized spacial score (nSPS) is 10.8. The number of amides is 2. The number of nitrogens with one attached hydrogen (secondary N) is 2. The Hall–Kier alpha value is -9.02. The van der Waals surface area contributed by atoms with Crippen LogP contribution in [0.25, 0.3) is 54.8 Å². The lowest BCUT2D eigenvalue weighted by atomic mass is 10.1. The number of halogens is 3. The Kier molecular flexibility index (Phi) is 15.7. The number of methoxy groups -OCH3 is 2. The van der Waals surface area contributed by atoms with Crippen molar-refractivity contribution in [1.82, 2.24) is 46.2 Å². The number of pyridine rings is 3. The lowest BCUT2D eigenvalue weighted by Gasteiger charge is -2.07. The van der Waals surface area contributed by atoms with Crippen LogP contribution >= 0.6 is 22.7 Å². The molecule has 3 N–H and O–H groups in total. The van der Waals surface area contributed by atoms with E-state index < -0.39 is 11.8 Å². The maximum Gasteiger partial charge on any atom is 0.309 e. The first kappa shape index (κ1) is 50.4. The summed E-state index contributed by atoms with van der Waals surface area (Å²) in [4.78, 5) is 36.6. The summed E-state index contributed by atoms with van der Waals surface area (Å²) in [7, 11) is 2.96. The molecule has 11 aromatic rings. The zero-order valence-electron chi connectivity index (χ0n) is 37.6. The summed E-state index contributed by atoms with van der Waals surface area (Å²) in [5, 5.41) is 29.5. The van der Waals surface area contributed by atoms with Gasteiger partial charge in [-0.25, -0.2) is 28.1 Å². The molecule has 0 aliphatic carbocycles. The third kappa shape index (κ3) is 11.8. The van der Waals surface area contributed by atoms with Crippen LogP contribution in [0.15, 0.2) is 141 Å². The van der Waals surface area contributed by atoms with E-state index in [-0.39, 0.29) is 54.3 Å². The van der Waals surface area contributed by atoms with Gasteiger partial charge in [-0.3, -0.25) is 20.4 Å². The molecule has 2 amide bonds. The lowest BCUT2D eigenvalue weighted by Crippen LogP contribution is -2.42. The van der Waals surface area contributed by atoms with Crippen molar-refractivity contribution in [3.05, 3.63) is 178 Å². The molecule has 8 aromatic heterocycles. The van der Waals surface area contributed by atoms with E-state index in [9.17, 15) is 27.9 Å². The molecule has 22 heteroatoms. The van der Waals surface area contributed by atoms with Gasteiger partial charge in [0.05, 0.1) is 20.6 Å². The highest BCUT2D eigenvalue weighted by Crippen LogP contribution is 2.41. The molecule has 0 radical (unpaired) electrons. The Balaban J connectivity index is 0.000000145. The van der Waals surface area contributed by atoms with Gasteiger partial charge in [0.2, 0.25) is 23.2 Å². The molecule has 3 aromatic carbocycles. The highest BCUT2D eigenvalue weighted by atomic mass is 32.1. The average molecular weight is 1030 g/mol. The van der Waals surface area contributed by atoms with E-state index in [1.165, 1.54) is 78.3 Å². The topological polar surface area (TPSA) is 227 Å². The number of aromatic hydroxyl groups is 1. The number of hydrogen-bond acceptors (Lipinski definition) is 17. The summed E-state index contributed by atoms with van der Waals surface area (Å²) in [6, 6.07) is 28.5. The molecule has 11 rings (SSSR count). The number of benzene rings is 3. The van der Waals surface area contributed by atoms with Crippen LogP contribution in [0.2, 0.25) is 0 Å². The summed E-state index contributed by atoms with van der Waals surface area (Å²) in [6.45, 7) is 0. The quantitative estimate of drug-likeness (QED) is 0.102. The Labute approximate surface area is 420 Å². The third-order valence-corrected chi connectivity index (χ3v) is 12.1. The van der Waals surface area contributed by atoms with Crippen molar-refractivity contribution >= 4 is 67.8 Å². The maximum absolute atomic E-state index is 13.0. The number of rotatable bonds is 11. The van der Waals surface area contributed by atoms with E-state index in [4.69, 9.17) is 22.7 Å². The third-order valence-electron chi connectivity index (χ3n) is 10.3. The fourth-order valence-corrected chi connectivity index (χ4v) is 8.66. The van der Waals surface area contributed by atoms with Crippen molar-refractivity contribution in [2.24, 2.45) is 0 Å². The van der Waals surface area contributed by atoms with Crippen LogP contribution in [0.3, 0.4) is 0 Å². The lowest BCUT2D eigenvalue weighted by molar-refractivity contribution is -0.121. The second-order valence-corrected chi connectivity index (χ2v) is 17.3. The molecule has 17 nitrogen and oxygen atoms in total. The first-order chi connectivity index (χ1) is 35.0. The summed E-state index contributed by atoms with van der Waals surface area (Å²) in [5.41, 5.74) is 10.0. The van der Waals surface area contributed by atoms with Crippen molar-refractivity contribution in [1.29, 1.82) is 0 Å². The van der Waals surface area contributed by atoms with Crippen molar-refractivity contribution in [3.8, 4) is 38.8 Å². The van der Waals surface area contributed by atoms with Gasteiger partial charge in [-0.05, 0) is 89.5 Å². The zero-order valence-corrected chi connectivity index (χ0v) is 39.3. The number of furan rings is 3. The van der Waals surface area contributed by atoms with Crippen LogP contribution in [0.1, 0.15) is 44.7 Å². The van der Waals surface area contributed by atoms with Crippen LogP contribution in [-0.2, 0) is 24.1 Å². The summed E-state index contributed by atoms with van der Waals surface area (Å²) < 4.78 is 66.2. The number of hydrogen-bond donors (Lipinski definition) is 3. The van der Waals surface area contributed by atoms with Gasteiger partial charge in [0.1, 0.15) is 27.5 Å². The first-order valence-electron chi connectivity index (χ1n) is 21.4. The fourth-order valence-electron chi connectivity index (χ4n) is 6.95. The zero-order chi connectivity index (χ0) is 50.1. The van der Waals surface area contributed by atoms with Gasteiger partial charge in [0.25, 0.3) is 0 Å². The second kappa shape index (κ2) is 22.8. The predicted molar refractivity (Wildman–Crippen MR) is 265 cm³/mol. The minimum atomic E-state index is -0.678. The summed E-state index contributed by atoms with van der Waals surface area (Å²) >= 11 is 2.73. The molecule has 0 aliphatic heterocycles. The van der Waals surface area contributed by atoms with Crippen molar-refractivity contribution < 1.29 is 50.6 Å². The van der Waals surface area contributed by atoms with Crippen LogP contribution in [0.4, 0.5) is 13.2 Å². The minimum absolute atomic E-state index is 0. The van der Waals surface area contributed by atoms with Crippen LogP contribution in [0, 0.1) is 17.5 Å². The van der Waals surface area contributed by atoms with Crippen LogP contribution < -0.4 is 20.3 Å². The number of fused-ring (bicyclic) bond motifs is 3. The second-order valence-electron chi connectivity index (χ2n) is 15.2. The SMILES string of the molecule is C.COc1c(-c2nnc(Cc3ccc(F)cc3)s2)oc2cccnc12.COc1c(C(=O)NNC(=O)Cc2ccc(F)cc2)oc2cccnc12.Oc1c(-c2nnc(Cc3ccc(F)cc3)s2)oc2cccnc12. The summed E-state index contributed by atoms with van der Waals surface area (Å²) in [6.07, 6.45) is 5.92. The molecule has 370 valence electrons. The Morgan fingerprint density at radius 1 is 0.562 bits per heavy atom. The molecule has 8 heterocycles. The van der Waals surface area contributed by atoms with Gasteiger partial charge in [-0.1, -0.05) is 66.5 Å². The smallest absolute Gasteiger partial charge is 0.309 e. The van der Waals surface area contributed by atoms with E-state index in [1.807, 2.05) is 6.07 Å². The number of hydrazine groups is 1.